The predicted octanol–water partition coefficient (Wildman–Crippen LogP) is 2.57. The van der Waals surface area contributed by atoms with Crippen LogP contribution in [-0.4, -0.2) is 6.04 Å². The van der Waals surface area contributed by atoms with Crippen LogP contribution in [0, 0.1) is 25.1 Å². The first-order valence-electron chi connectivity index (χ1n) is 4.12. The van der Waals surface area contributed by atoms with Crippen LogP contribution in [0.5, 0.6) is 0 Å². The highest BCUT2D eigenvalue weighted by molar-refractivity contribution is 5.48. The van der Waals surface area contributed by atoms with E-state index in [9.17, 15) is 4.39 Å². The Morgan fingerprint density at radius 2 is 2.23 bits per heavy atom. The largest absolute Gasteiger partial charge is 0.369 e. The van der Waals surface area contributed by atoms with E-state index in [4.69, 9.17) is 6.42 Å². The van der Waals surface area contributed by atoms with E-state index in [1.54, 1.807) is 13.0 Å². The Kier molecular flexibility index (Phi) is 2.92. The van der Waals surface area contributed by atoms with E-state index >= 15 is 0 Å². The zero-order valence-electron chi connectivity index (χ0n) is 7.76. The first kappa shape index (κ1) is 9.60. The van der Waals surface area contributed by atoms with Crippen molar-refractivity contribution < 1.29 is 4.39 Å². The lowest BCUT2D eigenvalue weighted by molar-refractivity contribution is 0.628. The normalized spacial score (nSPS) is 11.8. The first-order chi connectivity index (χ1) is 6.13. The number of hydrogen-bond acceptors (Lipinski definition) is 1. The van der Waals surface area contributed by atoms with Crippen LogP contribution in [-0.2, 0) is 0 Å². The Balaban J connectivity index is 2.85. The first-order valence-corrected chi connectivity index (χ1v) is 4.12. The fourth-order valence-corrected chi connectivity index (χ4v) is 1.01. The van der Waals surface area contributed by atoms with Gasteiger partial charge in [0, 0.05) is 0 Å². The fraction of sp³-hybridized carbons (Fsp3) is 0.273. The van der Waals surface area contributed by atoms with Gasteiger partial charge in [-0.2, -0.15) is 0 Å². The smallest absolute Gasteiger partial charge is 0.146 e. The third kappa shape index (κ3) is 2.48. The zero-order chi connectivity index (χ0) is 9.84. The Morgan fingerprint density at radius 3 is 2.77 bits per heavy atom. The van der Waals surface area contributed by atoms with Crippen LogP contribution in [0.25, 0.3) is 0 Å². The van der Waals surface area contributed by atoms with Gasteiger partial charge in [-0.1, -0.05) is 12.0 Å². The topological polar surface area (TPSA) is 12.0 Å². The number of nitrogens with one attached hydrogen (secondary N) is 1. The quantitative estimate of drug-likeness (QED) is 0.684. The molecule has 0 aromatic heterocycles. The molecule has 0 saturated carbocycles. The van der Waals surface area contributed by atoms with E-state index < -0.39 is 0 Å². The molecule has 13 heavy (non-hydrogen) atoms. The SMILES string of the molecule is C#CC(C)Nc1ccc(C)cc1F. The van der Waals surface area contributed by atoms with E-state index in [1.165, 1.54) is 6.07 Å². The molecular formula is C11H12FN. The summed E-state index contributed by atoms with van der Waals surface area (Å²) in [7, 11) is 0. The molecule has 0 aliphatic heterocycles. The number of rotatable bonds is 2. The molecular weight excluding hydrogens is 165 g/mol. The van der Waals surface area contributed by atoms with Gasteiger partial charge < -0.3 is 5.32 Å². The summed E-state index contributed by atoms with van der Waals surface area (Å²) >= 11 is 0. The van der Waals surface area contributed by atoms with Crippen molar-refractivity contribution in [3.8, 4) is 12.3 Å². The summed E-state index contributed by atoms with van der Waals surface area (Å²) in [6.07, 6.45) is 5.16. The molecule has 1 unspecified atom stereocenters. The molecule has 0 bridgehead atoms. The number of benzene rings is 1. The molecule has 0 aliphatic rings. The molecule has 0 amide bonds. The van der Waals surface area contributed by atoms with E-state index in [0.717, 1.165) is 5.56 Å². The number of anilines is 1. The van der Waals surface area contributed by atoms with Gasteiger partial charge in [0.05, 0.1) is 11.7 Å². The molecule has 0 fully saturated rings. The highest BCUT2D eigenvalue weighted by Gasteiger charge is 2.03. The standard InChI is InChI=1S/C11H12FN/c1-4-9(3)13-11-6-5-8(2)7-10(11)12/h1,5-7,9,13H,2-3H3. The van der Waals surface area contributed by atoms with Gasteiger partial charge in [0.1, 0.15) is 5.82 Å². The van der Waals surface area contributed by atoms with E-state index in [-0.39, 0.29) is 11.9 Å². The van der Waals surface area contributed by atoms with Gasteiger partial charge in [-0.05, 0) is 31.5 Å². The van der Waals surface area contributed by atoms with Crippen molar-refractivity contribution >= 4 is 5.69 Å². The van der Waals surface area contributed by atoms with E-state index in [0.29, 0.717) is 5.69 Å². The van der Waals surface area contributed by atoms with Crippen molar-refractivity contribution in [2.24, 2.45) is 0 Å². The summed E-state index contributed by atoms with van der Waals surface area (Å²) in [4.78, 5) is 0. The molecule has 0 spiro atoms. The minimum Gasteiger partial charge on any atom is -0.369 e. The number of terminal acetylenes is 1. The molecule has 1 N–H and O–H groups in total. The van der Waals surface area contributed by atoms with Gasteiger partial charge in [0.15, 0.2) is 0 Å². The molecule has 1 nitrogen and oxygen atoms in total. The number of hydrogen-bond donors (Lipinski definition) is 1. The van der Waals surface area contributed by atoms with Gasteiger partial charge in [-0.25, -0.2) is 4.39 Å². The highest BCUT2D eigenvalue weighted by Crippen LogP contribution is 2.15. The van der Waals surface area contributed by atoms with Crippen molar-refractivity contribution in [3.05, 3.63) is 29.6 Å². The molecule has 1 aromatic carbocycles. The molecule has 1 aromatic rings. The van der Waals surface area contributed by atoms with Gasteiger partial charge in [0.2, 0.25) is 0 Å². The Bertz CT molecular complexity index is 338. The van der Waals surface area contributed by atoms with Crippen LogP contribution in [0.3, 0.4) is 0 Å². The van der Waals surface area contributed by atoms with Gasteiger partial charge in [-0.15, -0.1) is 6.42 Å². The average molecular weight is 177 g/mol. The molecule has 1 atom stereocenters. The Labute approximate surface area is 78.0 Å². The molecule has 0 heterocycles. The molecule has 2 heteroatoms. The second-order valence-electron chi connectivity index (χ2n) is 3.02. The van der Waals surface area contributed by atoms with Crippen molar-refractivity contribution in [3.63, 3.8) is 0 Å². The lowest BCUT2D eigenvalue weighted by atomic mass is 10.2. The Morgan fingerprint density at radius 1 is 1.54 bits per heavy atom. The van der Waals surface area contributed by atoms with E-state index in [2.05, 4.69) is 11.2 Å². The zero-order valence-corrected chi connectivity index (χ0v) is 7.76. The van der Waals surface area contributed by atoms with Crippen LogP contribution in [0.4, 0.5) is 10.1 Å². The fourth-order valence-electron chi connectivity index (χ4n) is 1.01. The summed E-state index contributed by atoms with van der Waals surface area (Å²) in [5, 5.41) is 2.88. The minimum absolute atomic E-state index is 0.155. The summed E-state index contributed by atoms with van der Waals surface area (Å²) < 4.78 is 13.2. The maximum atomic E-state index is 13.2. The van der Waals surface area contributed by atoms with Crippen molar-refractivity contribution in [2.75, 3.05) is 5.32 Å². The lowest BCUT2D eigenvalue weighted by Crippen LogP contribution is -2.13. The third-order valence-electron chi connectivity index (χ3n) is 1.75. The molecule has 0 saturated heterocycles. The summed E-state index contributed by atoms with van der Waals surface area (Å²) in [6.45, 7) is 3.65. The van der Waals surface area contributed by atoms with Gasteiger partial charge in [-0.3, -0.25) is 0 Å². The highest BCUT2D eigenvalue weighted by atomic mass is 19.1. The van der Waals surface area contributed by atoms with Crippen LogP contribution >= 0.6 is 0 Å². The average Bonchev–Trinajstić information content (AvgIpc) is 2.09. The van der Waals surface area contributed by atoms with Crippen LogP contribution in [0.15, 0.2) is 18.2 Å². The molecule has 68 valence electrons. The van der Waals surface area contributed by atoms with Crippen molar-refractivity contribution in [2.45, 2.75) is 19.9 Å². The summed E-state index contributed by atoms with van der Waals surface area (Å²) in [5.74, 6) is 2.22. The minimum atomic E-state index is -0.262. The van der Waals surface area contributed by atoms with Gasteiger partial charge >= 0.3 is 0 Å². The predicted molar refractivity (Wildman–Crippen MR) is 53.1 cm³/mol. The monoisotopic (exact) mass is 177 g/mol. The summed E-state index contributed by atoms with van der Waals surface area (Å²) in [5.41, 5.74) is 1.35. The second-order valence-corrected chi connectivity index (χ2v) is 3.02. The third-order valence-corrected chi connectivity index (χ3v) is 1.75. The van der Waals surface area contributed by atoms with Crippen LogP contribution < -0.4 is 5.32 Å². The Hall–Kier alpha value is -1.49. The maximum absolute atomic E-state index is 13.2. The molecule has 1 rings (SSSR count). The molecule has 0 aliphatic carbocycles. The van der Waals surface area contributed by atoms with Gasteiger partial charge in [0.25, 0.3) is 0 Å². The van der Waals surface area contributed by atoms with Crippen LogP contribution in [0.2, 0.25) is 0 Å². The van der Waals surface area contributed by atoms with Crippen molar-refractivity contribution in [1.29, 1.82) is 0 Å². The molecule has 0 radical (unpaired) electrons. The maximum Gasteiger partial charge on any atom is 0.146 e. The summed E-state index contributed by atoms with van der Waals surface area (Å²) in [6, 6.07) is 4.86. The van der Waals surface area contributed by atoms with Crippen LogP contribution in [0.1, 0.15) is 12.5 Å². The number of aryl methyl sites for hydroxylation is 1. The lowest BCUT2D eigenvalue weighted by Gasteiger charge is -2.10. The van der Waals surface area contributed by atoms with E-state index in [1.807, 2.05) is 13.0 Å². The number of halogens is 1. The van der Waals surface area contributed by atoms with Crippen molar-refractivity contribution in [1.82, 2.24) is 0 Å². The second kappa shape index (κ2) is 3.95.